The lowest BCUT2D eigenvalue weighted by Gasteiger charge is -2.09. The molecule has 0 aliphatic rings. The van der Waals surface area contributed by atoms with Gasteiger partial charge in [-0.05, 0) is 0 Å². The first-order valence-corrected chi connectivity index (χ1v) is 2.67. The second kappa shape index (κ2) is 3.83. The molecule has 0 aliphatic carbocycles. The van der Waals surface area contributed by atoms with Crippen molar-refractivity contribution in [3.63, 3.8) is 0 Å². The first kappa shape index (κ1) is 7.88. The maximum Gasteiger partial charge on any atom is 0.167 e. The predicted molar refractivity (Wildman–Crippen MR) is 33.7 cm³/mol. The molecule has 0 fully saturated rings. The SMILES string of the molecule is CN(C)[N+](C)CCO. The number of aliphatic hydroxyl groups excluding tert-OH is 1. The zero-order chi connectivity index (χ0) is 6.57. The van der Waals surface area contributed by atoms with Gasteiger partial charge in [0.15, 0.2) is 6.54 Å². The maximum absolute atomic E-state index is 8.42. The van der Waals surface area contributed by atoms with Crippen molar-refractivity contribution in [1.82, 2.24) is 10.0 Å². The van der Waals surface area contributed by atoms with Crippen LogP contribution in [-0.2, 0) is 0 Å². The van der Waals surface area contributed by atoms with Gasteiger partial charge >= 0.3 is 0 Å². The Hall–Kier alpha value is -0.120. The average Bonchev–Trinajstić information content (AvgIpc) is 1.67. The molecular weight excluding hydrogens is 104 g/mol. The van der Waals surface area contributed by atoms with Gasteiger partial charge in [0, 0.05) is 14.1 Å². The summed E-state index contributed by atoms with van der Waals surface area (Å²) in [5.41, 5.74) is 0. The molecule has 1 radical (unpaired) electrons. The Labute approximate surface area is 50.5 Å². The molecule has 49 valence electrons. The molecule has 0 saturated heterocycles. The number of nitrogens with zero attached hydrogens (tertiary/aromatic N) is 2. The lowest BCUT2D eigenvalue weighted by atomic mass is 10.7. The first-order chi connectivity index (χ1) is 3.68. The van der Waals surface area contributed by atoms with Crippen molar-refractivity contribution in [1.29, 1.82) is 0 Å². The molecule has 0 aromatic carbocycles. The smallest absolute Gasteiger partial charge is 0.167 e. The Kier molecular flexibility index (Phi) is 3.77. The van der Waals surface area contributed by atoms with E-state index in [9.17, 15) is 0 Å². The minimum atomic E-state index is 0.217. The van der Waals surface area contributed by atoms with Crippen LogP contribution in [0, 0.1) is 0 Å². The van der Waals surface area contributed by atoms with Gasteiger partial charge in [-0.1, -0.05) is 5.01 Å². The molecule has 8 heavy (non-hydrogen) atoms. The van der Waals surface area contributed by atoms with Crippen molar-refractivity contribution < 1.29 is 5.11 Å². The van der Waals surface area contributed by atoms with Crippen LogP contribution in [0.4, 0.5) is 0 Å². The quantitative estimate of drug-likeness (QED) is 0.389. The minimum absolute atomic E-state index is 0.217. The Morgan fingerprint density at radius 3 is 2.12 bits per heavy atom. The van der Waals surface area contributed by atoms with Crippen molar-refractivity contribution >= 4 is 0 Å². The van der Waals surface area contributed by atoms with Gasteiger partial charge in [0.1, 0.15) is 7.05 Å². The summed E-state index contributed by atoms with van der Waals surface area (Å²) in [7, 11) is 5.81. The topological polar surface area (TPSA) is 29.4 Å². The number of hydrogen-bond acceptors (Lipinski definition) is 3. The molecule has 0 unspecified atom stereocenters. The van der Waals surface area contributed by atoms with Crippen molar-refractivity contribution in [2.45, 2.75) is 0 Å². The molecule has 0 atom stereocenters. The summed E-state index contributed by atoms with van der Waals surface area (Å²) in [5.74, 6) is 0. The normalized spacial score (nSPS) is 11.2. The Bertz CT molecular complexity index is 56.4. The van der Waals surface area contributed by atoms with E-state index in [0.717, 1.165) is 0 Å². The fraction of sp³-hybridized carbons (Fsp3) is 1.00. The zero-order valence-electron chi connectivity index (χ0n) is 5.76. The highest BCUT2D eigenvalue weighted by atomic mass is 16.3. The maximum atomic E-state index is 8.42. The largest absolute Gasteiger partial charge is 0.390 e. The lowest BCUT2D eigenvalue weighted by Crippen LogP contribution is -2.40. The summed E-state index contributed by atoms with van der Waals surface area (Å²) in [6.07, 6.45) is 0. The van der Waals surface area contributed by atoms with Gasteiger partial charge in [-0.15, -0.1) is 5.01 Å². The van der Waals surface area contributed by atoms with Gasteiger partial charge in [0.25, 0.3) is 0 Å². The van der Waals surface area contributed by atoms with Gasteiger partial charge in [0.05, 0.1) is 6.61 Å². The van der Waals surface area contributed by atoms with Crippen LogP contribution in [-0.4, -0.2) is 44.4 Å². The van der Waals surface area contributed by atoms with Crippen LogP contribution >= 0.6 is 0 Å². The van der Waals surface area contributed by atoms with E-state index in [2.05, 4.69) is 0 Å². The summed E-state index contributed by atoms with van der Waals surface area (Å²) < 4.78 is 0. The number of rotatable bonds is 3. The number of likely N-dealkylation sites (N-methyl/N-ethyl adjacent to an activating group) is 1. The summed E-state index contributed by atoms with van der Waals surface area (Å²) in [6, 6.07) is 0. The number of hydrazine groups is 1. The van der Waals surface area contributed by atoms with Crippen LogP contribution in [0.3, 0.4) is 0 Å². The van der Waals surface area contributed by atoms with Crippen LogP contribution in [0.5, 0.6) is 0 Å². The molecule has 0 saturated carbocycles. The van der Waals surface area contributed by atoms with Crippen molar-refractivity contribution in [2.24, 2.45) is 0 Å². The van der Waals surface area contributed by atoms with E-state index in [-0.39, 0.29) is 6.61 Å². The number of aliphatic hydroxyl groups is 1. The molecule has 0 aliphatic heterocycles. The molecule has 1 N–H and O–H groups in total. The average molecular weight is 118 g/mol. The standard InChI is InChI=1S/C5H14N2O/c1-6(2)7(3)4-5-8/h8H,4-5H2,1-3H3/q+1. The van der Waals surface area contributed by atoms with Gasteiger partial charge in [-0.3, -0.25) is 0 Å². The minimum Gasteiger partial charge on any atom is -0.390 e. The molecule has 0 aromatic rings. The molecule has 0 bridgehead atoms. The summed E-state index contributed by atoms with van der Waals surface area (Å²) in [5, 5.41) is 12.3. The highest BCUT2D eigenvalue weighted by Gasteiger charge is 2.07. The van der Waals surface area contributed by atoms with Crippen molar-refractivity contribution in [3.8, 4) is 0 Å². The molecule has 3 heteroatoms. The van der Waals surface area contributed by atoms with Crippen LogP contribution in [0.15, 0.2) is 0 Å². The molecular formula is C5H14N2O+. The van der Waals surface area contributed by atoms with Crippen molar-refractivity contribution in [3.05, 3.63) is 0 Å². The van der Waals surface area contributed by atoms with Gasteiger partial charge < -0.3 is 5.11 Å². The fourth-order valence-electron chi connectivity index (χ4n) is 0.345. The highest BCUT2D eigenvalue weighted by Crippen LogP contribution is 1.76. The van der Waals surface area contributed by atoms with E-state index < -0.39 is 0 Å². The van der Waals surface area contributed by atoms with E-state index in [4.69, 9.17) is 5.11 Å². The van der Waals surface area contributed by atoms with Crippen LogP contribution in [0.25, 0.3) is 0 Å². The van der Waals surface area contributed by atoms with E-state index in [1.54, 1.807) is 0 Å². The first-order valence-electron chi connectivity index (χ1n) is 2.67. The molecule has 0 spiro atoms. The molecule has 0 heterocycles. The predicted octanol–water partition coefficient (Wildman–Crippen LogP) is -0.775. The van der Waals surface area contributed by atoms with Gasteiger partial charge in [-0.25, -0.2) is 0 Å². The monoisotopic (exact) mass is 118 g/mol. The Balaban J connectivity index is 3.17. The summed E-state index contributed by atoms with van der Waals surface area (Å²) in [6.45, 7) is 0.918. The zero-order valence-corrected chi connectivity index (χ0v) is 5.76. The Morgan fingerprint density at radius 2 is 2.00 bits per heavy atom. The lowest BCUT2D eigenvalue weighted by molar-refractivity contribution is 0.132. The van der Waals surface area contributed by atoms with Crippen LogP contribution < -0.4 is 5.01 Å². The number of hydrogen-bond donors (Lipinski definition) is 1. The van der Waals surface area contributed by atoms with Gasteiger partial charge in [-0.2, -0.15) is 0 Å². The second-order valence-corrected chi connectivity index (χ2v) is 1.95. The second-order valence-electron chi connectivity index (χ2n) is 1.95. The fourth-order valence-corrected chi connectivity index (χ4v) is 0.345. The van der Waals surface area contributed by atoms with E-state index in [1.807, 2.05) is 31.2 Å². The summed E-state index contributed by atoms with van der Waals surface area (Å²) in [4.78, 5) is 0. The highest BCUT2D eigenvalue weighted by molar-refractivity contribution is 4.45. The van der Waals surface area contributed by atoms with Crippen LogP contribution in [0.1, 0.15) is 0 Å². The van der Waals surface area contributed by atoms with Gasteiger partial charge in [0.2, 0.25) is 0 Å². The molecule has 3 nitrogen and oxygen atoms in total. The molecule has 0 rings (SSSR count). The summed E-state index contributed by atoms with van der Waals surface area (Å²) >= 11 is 0. The third-order valence-corrected chi connectivity index (χ3v) is 1.11. The molecule has 0 aromatic heterocycles. The van der Waals surface area contributed by atoms with E-state index >= 15 is 0 Å². The van der Waals surface area contributed by atoms with Crippen molar-refractivity contribution in [2.75, 3.05) is 34.3 Å². The Morgan fingerprint density at radius 1 is 1.50 bits per heavy atom. The third-order valence-electron chi connectivity index (χ3n) is 1.11. The molecule has 0 amide bonds. The van der Waals surface area contributed by atoms with E-state index in [0.29, 0.717) is 6.54 Å². The van der Waals surface area contributed by atoms with Crippen LogP contribution in [0.2, 0.25) is 0 Å². The van der Waals surface area contributed by atoms with E-state index in [1.165, 1.54) is 0 Å². The third kappa shape index (κ3) is 2.96.